The summed E-state index contributed by atoms with van der Waals surface area (Å²) in [6.07, 6.45) is 1.77. The first kappa shape index (κ1) is 25.4. The summed E-state index contributed by atoms with van der Waals surface area (Å²) in [5.41, 5.74) is 6.58. The normalized spacial score (nSPS) is 17.7. The third kappa shape index (κ3) is 5.25. The number of carbonyl (C=O) groups excluding carboxylic acids is 1. The van der Waals surface area contributed by atoms with Crippen molar-refractivity contribution in [2.24, 2.45) is 0 Å². The summed E-state index contributed by atoms with van der Waals surface area (Å²) in [5.74, 6) is -0.640. The standard InChI is InChI=1S/C25H28FN5O4S/c1-4-35-19-13-17(12-18(26)14-19)21-11-10-20(24(28-21)31-15(2)8-9-16(31)3)25(32)30-36(33,34)23-7-5-6-22(27)29-23/h5-7,10-16H,4,8-9H2,1-3H3,(H2,27,29)(H,30,32)/t15-,16+. The Morgan fingerprint density at radius 2 is 1.86 bits per heavy atom. The molecule has 0 aliphatic carbocycles. The fourth-order valence-electron chi connectivity index (χ4n) is 4.37. The van der Waals surface area contributed by atoms with E-state index in [9.17, 15) is 17.6 Å². The summed E-state index contributed by atoms with van der Waals surface area (Å²) in [6.45, 7) is 6.21. The second-order valence-corrected chi connectivity index (χ2v) is 10.3. The van der Waals surface area contributed by atoms with Gasteiger partial charge in [-0.15, -0.1) is 0 Å². The average molecular weight is 514 g/mol. The number of carbonyl (C=O) groups is 1. The van der Waals surface area contributed by atoms with Gasteiger partial charge in [0.25, 0.3) is 15.9 Å². The maximum absolute atomic E-state index is 14.3. The van der Waals surface area contributed by atoms with Crippen LogP contribution in [0.1, 0.15) is 44.0 Å². The molecule has 36 heavy (non-hydrogen) atoms. The number of nitrogens with one attached hydrogen (secondary N) is 1. The molecule has 4 rings (SSSR count). The molecule has 1 amide bonds. The predicted octanol–water partition coefficient (Wildman–Crippen LogP) is 3.76. The summed E-state index contributed by atoms with van der Waals surface area (Å²) in [7, 11) is -4.28. The Morgan fingerprint density at radius 3 is 2.53 bits per heavy atom. The van der Waals surface area contributed by atoms with E-state index >= 15 is 0 Å². The lowest BCUT2D eigenvalue weighted by atomic mass is 10.1. The van der Waals surface area contributed by atoms with Crippen LogP contribution in [0, 0.1) is 5.82 Å². The van der Waals surface area contributed by atoms with Gasteiger partial charge < -0.3 is 15.4 Å². The van der Waals surface area contributed by atoms with Crippen molar-refractivity contribution in [2.45, 2.75) is 50.7 Å². The minimum absolute atomic E-state index is 0.0123. The van der Waals surface area contributed by atoms with Gasteiger partial charge in [0.2, 0.25) is 0 Å². The van der Waals surface area contributed by atoms with E-state index in [1.54, 1.807) is 19.1 Å². The molecule has 190 valence electrons. The second-order valence-electron chi connectivity index (χ2n) is 8.69. The van der Waals surface area contributed by atoms with Crippen molar-refractivity contribution >= 4 is 27.6 Å². The summed E-state index contributed by atoms with van der Waals surface area (Å²) in [4.78, 5) is 23.8. The molecule has 0 saturated carbocycles. The van der Waals surface area contributed by atoms with Crippen molar-refractivity contribution in [3.63, 3.8) is 0 Å². The Morgan fingerprint density at radius 1 is 1.14 bits per heavy atom. The number of halogens is 1. The molecule has 3 N–H and O–H groups in total. The Hall–Kier alpha value is -3.73. The number of rotatable bonds is 7. The van der Waals surface area contributed by atoms with E-state index in [-0.39, 0.29) is 28.5 Å². The molecular weight excluding hydrogens is 485 g/mol. The van der Waals surface area contributed by atoms with E-state index < -0.39 is 21.7 Å². The molecule has 0 unspecified atom stereocenters. The predicted molar refractivity (Wildman–Crippen MR) is 135 cm³/mol. The largest absolute Gasteiger partial charge is 0.494 e. The number of nitrogen functional groups attached to an aromatic ring is 1. The zero-order valence-corrected chi connectivity index (χ0v) is 21.0. The van der Waals surface area contributed by atoms with Crippen LogP contribution < -0.4 is 20.1 Å². The lowest BCUT2D eigenvalue weighted by molar-refractivity contribution is 0.0981. The van der Waals surface area contributed by atoms with Crippen molar-refractivity contribution in [1.29, 1.82) is 0 Å². The molecule has 1 aliphatic rings. The molecule has 2 atom stereocenters. The first-order valence-electron chi connectivity index (χ1n) is 11.6. The van der Waals surface area contributed by atoms with E-state index in [0.717, 1.165) is 12.8 Å². The smallest absolute Gasteiger partial charge is 0.281 e. The highest BCUT2D eigenvalue weighted by molar-refractivity contribution is 7.90. The number of benzene rings is 1. The van der Waals surface area contributed by atoms with Crippen LogP contribution in [0.15, 0.2) is 53.6 Å². The topological polar surface area (TPSA) is 128 Å². The molecule has 3 heterocycles. The van der Waals surface area contributed by atoms with Crippen LogP contribution in [-0.4, -0.2) is 43.0 Å². The fraction of sp³-hybridized carbons (Fsp3) is 0.320. The highest BCUT2D eigenvalue weighted by atomic mass is 32.2. The first-order valence-corrected chi connectivity index (χ1v) is 13.1. The van der Waals surface area contributed by atoms with Gasteiger partial charge in [-0.3, -0.25) is 4.79 Å². The summed E-state index contributed by atoms with van der Waals surface area (Å²) in [5, 5.41) is -0.367. The molecule has 1 aromatic carbocycles. The van der Waals surface area contributed by atoms with E-state index in [1.807, 2.05) is 18.7 Å². The Balaban J connectivity index is 1.77. The molecular formula is C25H28FN5O4S. The van der Waals surface area contributed by atoms with Crippen molar-refractivity contribution in [3.05, 3.63) is 59.9 Å². The molecule has 1 aliphatic heterocycles. The Kier molecular flexibility index (Phi) is 7.11. The number of aromatic nitrogens is 2. The van der Waals surface area contributed by atoms with Gasteiger partial charge >= 0.3 is 0 Å². The van der Waals surface area contributed by atoms with Gasteiger partial charge in [-0.1, -0.05) is 6.07 Å². The van der Waals surface area contributed by atoms with Crippen molar-refractivity contribution in [3.8, 4) is 17.0 Å². The lowest BCUT2D eigenvalue weighted by Gasteiger charge is -2.29. The van der Waals surface area contributed by atoms with E-state index in [2.05, 4.69) is 9.71 Å². The highest BCUT2D eigenvalue weighted by Crippen LogP contribution is 2.34. The minimum Gasteiger partial charge on any atom is -0.494 e. The molecule has 3 aromatic rings. The van der Waals surface area contributed by atoms with Gasteiger partial charge in [-0.2, -0.15) is 8.42 Å². The maximum Gasteiger partial charge on any atom is 0.281 e. The van der Waals surface area contributed by atoms with Crippen LogP contribution in [0.3, 0.4) is 0 Å². The number of anilines is 2. The number of nitrogens with two attached hydrogens (primary N) is 1. The molecule has 0 bridgehead atoms. The van der Waals surface area contributed by atoms with Crippen LogP contribution in [0.25, 0.3) is 11.3 Å². The number of hydrogen-bond acceptors (Lipinski definition) is 8. The summed E-state index contributed by atoms with van der Waals surface area (Å²) in [6, 6.07) is 11.6. The zero-order valence-electron chi connectivity index (χ0n) is 20.2. The van der Waals surface area contributed by atoms with Crippen LogP contribution in [0.4, 0.5) is 16.0 Å². The van der Waals surface area contributed by atoms with E-state index in [1.165, 1.54) is 36.4 Å². The summed E-state index contributed by atoms with van der Waals surface area (Å²) < 4.78 is 47.4. The Labute approximate surface area is 209 Å². The highest BCUT2D eigenvalue weighted by Gasteiger charge is 2.33. The van der Waals surface area contributed by atoms with Gasteiger partial charge in [0.05, 0.1) is 17.9 Å². The number of pyridine rings is 2. The first-order chi connectivity index (χ1) is 17.1. The maximum atomic E-state index is 14.3. The van der Waals surface area contributed by atoms with Crippen LogP contribution in [0.2, 0.25) is 0 Å². The molecule has 1 saturated heterocycles. The van der Waals surface area contributed by atoms with Crippen LogP contribution in [-0.2, 0) is 10.0 Å². The lowest BCUT2D eigenvalue weighted by Crippen LogP contribution is -2.37. The van der Waals surface area contributed by atoms with Crippen molar-refractivity contribution in [2.75, 3.05) is 17.2 Å². The molecule has 1 fully saturated rings. The number of ether oxygens (including phenoxy) is 1. The third-order valence-electron chi connectivity index (χ3n) is 6.04. The zero-order chi connectivity index (χ0) is 26.0. The minimum atomic E-state index is -4.28. The van der Waals surface area contributed by atoms with Gasteiger partial charge in [0.15, 0.2) is 5.03 Å². The van der Waals surface area contributed by atoms with Gasteiger partial charge in [-0.05, 0) is 70.0 Å². The van der Waals surface area contributed by atoms with Gasteiger partial charge in [-0.25, -0.2) is 19.1 Å². The van der Waals surface area contributed by atoms with Crippen LogP contribution >= 0.6 is 0 Å². The van der Waals surface area contributed by atoms with E-state index in [4.69, 9.17) is 15.5 Å². The SMILES string of the molecule is CCOc1cc(F)cc(-c2ccc(C(=O)NS(=O)(=O)c3cccc(N)n3)c(N3[C@H](C)CC[C@@H]3C)n2)c1. The number of sulfonamides is 1. The second kappa shape index (κ2) is 10.1. The number of hydrogen-bond donors (Lipinski definition) is 2. The van der Waals surface area contributed by atoms with Gasteiger partial charge in [0.1, 0.15) is 23.2 Å². The third-order valence-corrected chi connectivity index (χ3v) is 7.27. The number of nitrogens with zero attached hydrogens (tertiary/aromatic N) is 3. The molecule has 0 radical (unpaired) electrons. The Bertz CT molecular complexity index is 1390. The molecule has 0 spiro atoms. The van der Waals surface area contributed by atoms with Crippen molar-refractivity contribution in [1.82, 2.24) is 14.7 Å². The average Bonchev–Trinajstić information content (AvgIpc) is 3.16. The quantitative estimate of drug-likeness (QED) is 0.489. The van der Waals surface area contributed by atoms with Crippen molar-refractivity contribution < 1.29 is 22.3 Å². The van der Waals surface area contributed by atoms with E-state index in [0.29, 0.717) is 29.4 Å². The van der Waals surface area contributed by atoms with Gasteiger partial charge in [0, 0.05) is 23.7 Å². The molecule has 11 heteroatoms. The summed E-state index contributed by atoms with van der Waals surface area (Å²) >= 11 is 0. The number of amides is 1. The monoisotopic (exact) mass is 513 g/mol. The molecule has 9 nitrogen and oxygen atoms in total. The fourth-order valence-corrected chi connectivity index (χ4v) is 5.31. The molecule has 2 aromatic heterocycles. The van der Waals surface area contributed by atoms with Crippen LogP contribution in [0.5, 0.6) is 5.75 Å².